The van der Waals surface area contributed by atoms with Crippen molar-refractivity contribution in [3.63, 3.8) is 0 Å². The van der Waals surface area contributed by atoms with Crippen molar-refractivity contribution in [3.05, 3.63) is 17.8 Å². The van der Waals surface area contributed by atoms with Gasteiger partial charge in [0.05, 0.1) is 0 Å². The highest BCUT2D eigenvalue weighted by Gasteiger charge is 2.02. The van der Waals surface area contributed by atoms with E-state index in [0.29, 0.717) is 5.82 Å². The van der Waals surface area contributed by atoms with Gasteiger partial charge in [-0.15, -0.1) is 10.2 Å². The second kappa shape index (κ2) is 10.2. The summed E-state index contributed by atoms with van der Waals surface area (Å²) >= 11 is 0. The smallest absolute Gasteiger partial charge is 0.269 e. The Kier molecular flexibility index (Phi) is 8.35. The first-order chi connectivity index (χ1) is 9.74. The van der Waals surface area contributed by atoms with Crippen molar-refractivity contribution in [3.8, 4) is 0 Å². The molecule has 0 unspecified atom stereocenters. The van der Waals surface area contributed by atoms with Crippen LogP contribution in [0.25, 0.3) is 0 Å². The van der Waals surface area contributed by atoms with Crippen LogP contribution in [0.15, 0.2) is 12.1 Å². The predicted octanol–water partition coefficient (Wildman–Crippen LogP) is 3.13. The van der Waals surface area contributed by atoms with E-state index in [1.165, 1.54) is 44.9 Å². The molecule has 0 saturated heterocycles. The zero-order chi connectivity index (χ0) is 14.6. The van der Waals surface area contributed by atoms with Crippen molar-refractivity contribution in [2.24, 2.45) is 5.73 Å². The summed E-state index contributed by atoms with van der Waals surface area (Å²) in [5.41, 5.74) is 5.30. The largest absolute Gasteiger partial charge is 0.369 e. The number of nitrogens with one attached hydrogen (secondary N) is 1. The minimum absolute atomic E-state index is 0.197. The number of amides is 1. The summed E-state index contributed by atoms with van der Waals surface area (Å²) in [5, 5.41) is 10.8. The average Bonchev–Trinajstić information content (AvgIpc) is 2.46. The van der Waals surface area contributed by atoms with E-state index in [4.69, 9.17) is 5.73 Å². The molecular formula is C15H26N4O. The van der Waals surface area contributed by atoms with Crippen LogP contribution in [-0.2, 0) is 0 Å². The number of hydrogen-bond donors (Lipinski definition) is 2. The van der Waals surface area contributed by atoms with E-state index in [9.17, 15) is 4.79 Å². The Morgan fingerprint density at radius 3 is 2.25 bits per heavy atom. The molecular weight excluding hydrogens is 252 g/mol. The number of unbranched alkanes of at least 4 members (excludes halogenated alkanes) is 7. The molecule has 0 aliphatic rings. The summed E-state index contributed by atoms with van der Waals surface area (Å²) < 4.78 is 0. The third kappa shape index (κ3) is 7.07. The first kappa shape index (κ1) is 16.4. The Bertz CT molecular complexity index is 378. The molecule has 3 N–H and O–H groups in total. The summed E-state index contributed by atoms with van der Waals surface area (Å²) in [6.45, 7) is 3.13. The number of hydrogen-bond acceptors (Lipinski definition) is 4. The normalized spacial score (nSPS) is 10.4. The molecule has 0 spiro atoms. The van der Waals surface area contributed by atoms with Crippen LogP contribution in [0.5, 0.6) is 0 Å². The lowest BCUT2D eigenvalue weighted by molar-refractivity contribution is 0.0994. The Labute approximate surface area is 121 Å². The van der Waals surface area contributed by atoms with Crippen LogP contribution in [0, 0.1) is 0 Å². The SMILES string of the molecule is CCCCCCCCCCNc1ccc(C(N)=O)nn1. The zero-order valence-electron chi connectivity index (χ0n) is 12.4. The fourth-order valence-electron chi connectivity index (χ4n) is 2.03. The van der Waals surface area contributed by atoms with Crippen molar-refractivity contribution in [2.75, 3.05) is 11.9 Å². The van der Waals surface area contributed by atoms with Gasteiger partial charge in [0.25, 0.3) is 5.91 Å². The summed E-state index contributed by atoms with van der Waals surface area (Å²) in [6, 6.07) is 3.32. The Hall–Kier alpha value is -1.65. The molecule has 0 fully saturated rings. The lowest BCUT2D eigenvalue weighted by atomic mass is 10.1. The lowest BCUT2D eigenvalue weighted by Gasteiger charge is -2.05. The van der Waals surface area contributed by atoms with Crippen LogP contribution in [0.1, 0.15) is 68.8 Å². The van der Waals surface area contributed by atoms with E-state index in [-0.39, 0.29) is 5.69 Å². The van der Waals surface area contributed by atoms with Crippen molar-refractivity contribution in [1.82, 2.24) is 10.2 Å². The van der Waals surface area contributed by atoms with Crippen LogP contribution in [0.4, 0.5) is 5.82 Å². The van der Waals surface area contributed by atoms with Crippen molar-refractivity contribution in [2.45, 2.75) is 58.3 Å². The van der Waals surface area contributed by atoms with E-state index in [1.807, 2.05) is 0 Å². The quantitative estimate of drug-likeness (QED) is 0.609. The van der Waals surface area contributed by atoms with Crippen LogP contribution in [-0.4, -0.2) is 22.6 Å². The maximum Gasteiger partial charge on any atom is 0.269 e. The van der Waals surface area contributed by atoms with Crippen molar-refractivity contribution in [1.29, 1.82) is 0 Å². The minimum Gasteiger partial charge on any atom is -0.369 e. The van der Waals surface area contributed by atoms with Gasteiger partial charge in [-0.2, -0.15) is 0 Å². The van der Waals surface area contributed by atoms with E-state index >= 15 is 0 Å². The van der Waals surface area contributed by atoms with E-state index in [2.05, 4.69) is 22.4 Å². The molecule has 0 bridgehead atoms. The maximum absolute atomic E-state index is 10.8. The molecule has 20 heavy (non-hydrogen) atoms. The number of aromatic nitrogens is 2. The molecule has 0 aliphatic heterocycles. The zero-order valence-corrected chi connectivity index (χ0v) is 12.4. The number of carbonyl (C=O) groups is 1. The van der Waals surface area contributed by atoms with Gasteiger partial charge < -0.3 is 11.1 Å². The molecule has 0 radical (unpaired) electrons. The maximum atomic E-state index is 10.8. The highest BCUT2D eigenvalue weighted by Crippen LogP contribution is 2.08. The Balaban J connectivity index is 2.02. The molecule has 1 heterocycles. The van der Waals surface area contributed by atoms with Gasteiger partial charge in [-0.25, -0.2) is 0 Å². The number of carbonyl (C=O) groups excluding carboxylic acids is 1. The number of rotatable bonds is 11. The number of nitrogens with two attached hydrogens (primary N) is 1. The van der Waals surface area contributed by atoms with E-state index in [1.54, 1.807) is 12.1 Å². The monoisotopic (exact) mass is 278 g/mol. The van der Waals surface area contributed by atoms with Crippen LogP contribution >= 0.6 is 0 Å². The van der Waals surface area contributed by atoms with E-state index in [0.717, 1.165) is 13.0 Å². The lowest BCUT2D eigenvalue weighted by Crippen LogP contribution is -2.14. The number of nitrogens with zero attached hydrogens (tertiary/aromatic N) is 2. The molecule has 5 heteroatoms. The predicted molar refractivity (Wildman–Crippen MR) is 81.6 cm³/mol. The molecule has 5 nitrogen and oxygen atoms in total. The Morgan fingerprint density at radius 1 is 1.05 bits per heavy atom. The third-order valence-electron chi connectivity index (χ3n) is 3.25. The van der Waals surface area contributed by atoms with Gasteiger partial charge in [-0.1, -0.05) is 51.9 Å². The fraction of sp³-hybridized carbons (Fsp3) is 0.667. The second-order valence-corrected chi connectivity index (χ2v) is 5.07. The van der Waals surface area contributed by atoms with Gasteiger partial charge in [-0.3, -0.25) is 4.79 Å². The topological polar surface area (TPSA) is 80.9 Å². The van der Waals surface area contributed by atoms with E-state index < -0.39 is 5.91 Å². The summed E-state index contributed by atoms with van der Waals surface area (Å²) in [6.07, 6.45) is 10.4. The highest BCUT2D eigenvalue weighted by molar-refractivity contribution is 5.90. The van der Waals surface area contributed by atoms with Gasteiger partial charge in [0.2, 0.25) is 0 Å². The second-order valence-electron chi connectivity index (χ2n) is 5.07. The van der Waals surface area contributed by atoms with Crippen molar-refractivity contribution >= 4 is 11.7 Å². The standard InChI is InChI=1S/C15H26N4O/c1-2-3-4-5-6-7-8-9-12-17-14-11-10-13(15(16)20)18-19-14/h10-11H,2-9,12H2,1H3,(H2,16,20)(H,17,19). The van der Waals surface area contributed by atoms with Gasteiger partial charge in [-0.05, 0) is 18.6 Å². The Morgan fingerprint density at radius 2 is 1.70 bits per heavy atom. The number of primary amides is 1. The molecule has 0 saturated carbocycles. The van der Waals surface area contributed by atoms with Gasteiger partial charge in [0, 0.05) is 6.54 Å². The summed E-state index contributed by atoms with van der Waals surface area (Å²) in [4.78, 5) is 10.8. The minimum atomic E-state index is -0.549. The van der Waals surface area contributed by atoms with Crippen LogP contribution in [0.2, 0.25) is 0 Å². The molecule has 1 aromatic rings. The number of anilines is 1. The molecule has 0 aliphatic carbocycles. The van der Waals surface area contributed by atoms with Crippen molar-refractivity contribution < 1.29 is 4.79 Å². The van der Waals surface area contributed by atoms with Gasteiger partial charge >= 0.3 is 0 Å². The third-order valence-corrected chi connectivity index (χ3v) is 3.25. The van der Waals surface area contributed by atoms with Crippen LogP contribution < -0.4 is 11.1 Å². The molecule has 0 atom stereocenters. The molecule has 112 valence electrons. The highest BCUT2D eigenvalue weighted by atomic mass is 16.1. The molecule has 1 rings (SSSR count). The molecule has 0 aromatic carbocycles. The first-order valence-corrected chi connectivity index (χ1v) is 7.61. The fourth-order valence-corrected chi connectivity index (χ4v) is 2.03. The van der Waals surface area contributed by atoms with Gasteiger partial charge in [0.15, 0.2) is 5.69 Å². The summed E-state index contributed by atoms with van der Waals surface area (Å²) in [5.74, 6) is 0.144. The first-order valence-electron chi connectivity index (χ1n) is 7.61. The average molecular weight is 278 g/mol. The van der Waals surface area contributed by atoms with Gasteiger partial charge in [0.1, 0.15) is 5.82 Å². The van der Waals surface area contributed by atoms with Crippen LogP contribution in [0.3, 0.4) is 0 Å². The molecule has 1 aromatic heterocycles. The molecule has 1 amide bonds. The summed E-state index contributed by atoms with van der Waals surface area (Å²) in [7, 11) is 0.